The number of carbonyl (C=O) groups excluding carboxylic acids is 2. The van der Waals surface area contributed by atoms with E-state index in [4.69, 9.17) is 0 Å². The molecule has 0 radical (unpaired) electrons. The van der Waals surface area contributed by atoms with Gasteiger partial charge in [0.25, 0.3) is 0 Å². The lowest BCUT2D eigenvalue weighted by molar-refractivity contribution is -0.118. The third-order valence-electron chi connectivity index (χ3n) is 19.6. The molecule has 6 aliphatic heterocycles. The number of urea groups is 2. The number of anilines is 1. The summed E-state index contributed by atoms with van der Waals surface area (Å²) in [6.07, 6.45) is -25.1. The molecule has 17 N–H and O–H groups in total. The Kier molecular flexibility index (Phi) is 36.9. The van der Waals surface area contributed by atoms with Crippen LogP contribution in [0.15, 0.2) is 132 Å². The summed E-state index contributed by atoms with van der Waals surface area (Å²) in [7, 11) is -3.97. The predicted molar refractivity (Wildman–Crippen MR) is 383 cm³/mol. The Bertz CT molecular complexity index is 3630. The van der Waals surface area contributed by atoms with E-state index in [-0.39, 0.29) is 61.7 Å². The zero-order valence-electron chi connectivity index (χ0n) is 60.6. The van der Waals surface area contributed by atoms with Crippen molar-refractivity contribution in [3.63, 3.8) is 0 Å². The zero-order valence-corrected chi connectivity index (χ0v) is 61.5. The van der Waals surface area contributed by atoms with Crippen LogP contribution in [0.3, 0.4) is 0 Å². The van der Waals surface area contributed by atoms with Gasteiger partial charge >= 0.3 is 12.1 Å². The number of β-amino-alcohol motifs (C(OH)–C–C–N with tert-alkyl or cyclic N) is 6. The number of amides is 4. The third-order valence-corrected chi connectivity index (χ3v) is 21.4. The van der Waals surface area contributed by atoms with Gasteiger partial charge < -0.3 is 97.5 Å². The highest BCUT2D eigenvalue weighted by atomic mass is 32.2. The maximum atomic E-state index is 12.9. The molecule has 4 amide bonds. The predicted octanol–water partition coefficient (Wildman–Crippen LogP) is 3.29. The number of hydrogen-bond donors (Lipinski definition) is 17. The van der Waals surface area contributed by atoms with E-state index in [1.165, 1.54) is 59.7 Å². The first-order valence-corrected chi connectivity index (χ1v) is 37.2. The Morgan fingerprint density at radius 1 is 0.464 bits per heavy atom. The second-order valence-corrected chi connectivity index (χ2v) is 30.0. The number of nitrogens with one attached hydrogen (secondary N) is 4. The summed E-state index contributed by atoms with van der Waals surface area (Å²) in [5, 5.41) is 136. The molecule has 6 heterocycles. The summed E-state index contributed by atoms with van der Waals surface area (Å²) < 4.78 is 153. The highest BCUT2D eigenvalue weighted by molar-refractivity contribution is 7.89. The van der Waals surface area contributed by atoms with Crippen LogP contribution in [0.5, 0.6) is 0 Å². The largest absolute Gasteiger partial charge is 0.390 e. The number of aliphatic hydroxyl groups excluding tert-OH is 13. The monoisotopic (exact) mass is 1600 g/mol. The summed E-state index contributed by atoms with van der Waals surface area (Å²) in [6, 6.07) is 33.1. The number of aryl methyl sites for hydroxylation is 2. The van der Waals surface area contributed by atoms with E-state index in [9.17, 15) is 128 Å². The van der Waals surface area contributed by atoms with Crippen molar-refractivity contribution in [1.29, 1.82) is 0 Å². The minimum Gasteiger partial charge on any atom is -0.390 e. The number of sulfonamides is 1. The van der Waals surface area contributed by atoms with Gasteiger partial charge in [-0.05, 0) is 91.9 Å². The van der Waals surface area contributed by atoms with E-state index >= 15 is 0 Å². The van der Waals surface area contributed by atoms with Crippen molar-refractivity contribution in [3.05, 3.63) is 167 Å². The Morgan fingerprint density at radius 2 is 0.882 bits per heavy atom. The van der Waals surface area contributed by atoms with Gasteiger partial charge in [-0.15, -0.1) is 0 Å². The summed E-state index contributed by atoms with van der Waals surface area (Å²) in [6.45, 7) is 6.87. The Balaban J connectivity index is 0.000000207. The molecular weight excluding hydrogens is 1490 g/mol. The van der Waals surface area contributed by atoms with E-state index in [0.29, 0.717) is 44.0 Å². The van der Waals surface area contributed by atoms with Gasteiger partial charge in [-0.25, -0.2) is 61.9 Å². The maximum absolute atomic E-state index is 12.9. The van der Waals surface area contributed by atoms with Crippen LogP contribution in [0.25, 0.3) is 0 Å². The molecule has 5 aromatic carbocycles. The lowest BCUT2D eigenvalue weighted by Crippen LogP contribution is -2.58. The van der Waals surface area contributed by atoms with Crippen molar-refractivity contribution in [1.82, 2.24) is 35.0 Å². The summed E-state index contributed by atoms with van der Waals surface area (Å²) in [4.78, 5) is 27.3. The smallest absolute Gasteiger partial charge is 0.321 e. The Labute approximate surface area is 631 Å². The number of halogens is 10. The number of carbonyl (C=O) groups is 2. The van der Waals surface area contributed by atoms with Gasteiger partial charge in [0.1, 0.15) is 11.6 Å². The summed E-state index contributed by atoms with van der Waals surface area (Å²) in [5.74, 6) is -6.83. The molecule has 5 aromatic rings. The van der Waals surface area contributed by atoms with Crippen molar-refractivity contribution in [3.8, 4) is 0 Å². The van der Waals surface area contributed by atoms with Crippen molar-refractivity contribution < 1.29 is 128 Å². The number of piperidine rings is 6. The fraction of sp³-hybridized carbons (Fsp3) is 0.568. The molecule has 6 aliphatic rings. The number of likely N-dealkylation sites (tertiary alicyclic amines) is 3. The standard InChI is InChI=1S/C13H16F3NO2.C13H16F2N2O3.C13H17F2NO4S.C13H19NO2.C12H16FNO3.C10H18F2N2O3/c14-9-3-1-8(2-4-9)5-17-6-10(13(15)16)12(19)11(18)7-17;14-12(15)9-6-17(7-10(18)11(9)19)13(20)16-8-4-2-1-3-5-8;1-8-2-4-9(5-3-8)21(19,20)16-6-10(13(14)15)12(18)11(17)7-16;1-9-2-4-10(5-3-9)6-11-7-14-8-12(15)13(11)16;13-8-3-1-7(2-4-8)11(16)9-5-14-6-10(15)12(9)17;1-2-3-13-10(17)14-4-6(9(11)12)8(16)7(15)5-14/h1-4,10-13,18-19H,5-7H2;1-5,9-12,18-19H,6-7H2,(H,16,20);2-5,10-13,17-18H,6-7H2,1H3;2-5,11-16H,6-8H2,1H3;1-4,9-12,14-17H,5-6H2;6-9,15-16H,2-5H2,1H3,(H,13,17)/t10-,11+,12+;9-,10+,11+;10-,11+,12+;11-,12+,13+;9-,10-,11?,12-;6-,7+,8+/m000010/s1. The van der Waals surface area contributed by atoms with Crippen LogP contribution in [0.4, 0.5) is 59.2 Å². The minimum absolute atomic E-state index is 0.00721. The maximum Gasteiger partial charge on any atom is 0.321 e. The number of alkyl halides is 8. The van der Waals surface area contributed by atoms with Crippen molar-refractivity contribution >= 4 is 27.8 Å². The first-order chi connectivity index (χ1) is 51.9. The zero-order chi connectivity index (χ0) is 81.4. The van der Waals surface area contributed by atoms with Crippen molar-refractivity contribution in [2.45, 2.75) is 150 Å². The van der Waals surface area contributed by atoms with Crippen LogP contribution < -0.4 is 21.3 Å². The molecule has 1 unspecified atom stereocenters. The lowest BCUT2D eigenvalue weighted by atomic mass is 9.86. The highest BCUT2D eigenvalue weighted by Gasteiger charge is 2.46. The molecule has 36 heteroatoms. The number of nitrogens with zero attached hydrogens (tertiary/aromatic N) is 4. The van der Waals surface area contributed by atoms with Crippen LogP contribution in [-0.2, 0) is 23.0 Å². The number of rotatable bonds is 15. The topological polar surface area (TPSA) is 392 Å². The number of aliphatic hydroxyl groups is 13. The Hall–Kier alpha value is -6.79. The molecule has 0 aliphatic carbocycles. The van der Waals surface area contributed by atoms with E-state index in [2.05, 4.69) is 52.5 Å². The van der Waals surface area contributed by atoms with Gasteiger partial charge in [0, 0.05) is 96.1 Å². The fourth-order valence-electron chi connectivity index (χ4n) is 12.9. The quantitative estimate of drug-likeness (QED) is 0.0669. The molecule has 0 saturated carbocycles. The second-order valence-electron chi connectivity index (χ2n) is 28.1. The average molecular weight is 1600 g/mol. The molecule has 11 rings (SSSR count). The van der Waals surface area contributed by atoms with Gasteiger partial charge in [-0.1, -0.05) is 96.9 Å². The second kappa shape index (κ2) is 44.0. The molecule has 110 heavy (non-hydrogen) atoms. The van der Waals surface area contributed by atoms with Crippen molar-refractivity contribution in [2.75, 3.05) is 90.4 Å². The molecule has 0 spiro atoms. The van der Waals surface area contributed by atoms with Gasteiger partial charge in [-0.2, -0.15) is 4.31 Å². The summed E-state index contributed by atoms with van der Waals surface area (Å²) in [5.41, 5.74) is 5.17. The van der Waals surface area contributed by atoms with Gasteiger partial charge in [0.15, 0.2) is 0 Å². The fourth-order valence-corrected chi connectivity index (χ4v) is 14.4. The van der Waals surface area contributed by atoms with E-state index in [1.54, 1.807) is 66.4 Å². The van der Waals surface area contributed by atoms with Crippen LogP contribution >= 0.6 is 0 Å². The Morgan fingerprint density at radius 3 is 1.38 bits per heavy atom. The molecule has 616 valence electrons. The van der Waals surface area contributed by atoms with Gasteiger partial charge in [0.2, 0.25) is 35.7 Å². The normalized spacial score (nSPS) is 29.0. The number of benzene rings is 5. The minimum atomic E-state index is -3.97. The molecule has 19 atom stereocenters. The van der Waals surface area contributed by atoms with E-state index < -0.39 is 170 Å². The molecular formula is C74H102F10N8O17S. The van der Waals surface area contributed by atoms with Gasteiger partial charge in [0.05, 0.1) is 121 Å². The SMILES string of the molecule is CCCNC(=O)N1C[C@@H](O)[C@H](O)[C@@H](C(F)F)C1.Cc1ccc(C[C@H]2CNC[C@@H](O)[C@@H]2O)cc1.Cc1ccc(S(=O)(=O)N2C[C@@H](O)[C@H](O)[C@@H](C(F)F)C2)cc1.O=C(Nc1ccccc1)N1C[C@@H](O)[C@H](O)[C@@H](C(F)F)C1.OC(c1ccc(F)cc1)[C@H]1CNC[C@@H](O)[C@@H]1O.O[C@H]1[C@H](O)CN(Cc2ccc(F)cc2)C[C@@H]1C(F)F. The lowest BCUT2D eigenvalue weighted by Gasteiger charge is -2.38. The van der Waals surface area contributed by atoms with E-state index in [1.807, 2.05) is 6.92 Å². The molecule has 0 bridgehead atoms. The van der Waals surface area contributed by atoms with Crippen molar-refractivity contribution in [2.24, 2.45) is 35.5 Å². The first kappa shape index (κ1) is 92.1. The highest BCUT2D eigenvalue weighted by Crippen LogP contribution is 2.32. The van der Waals surface area contributed by atoms with Crippen LogP contribution in [-0.4, -0.2) is 290 Å². The molecule has 0 aromatic heterocycles. The average Bonchev–Trinajstić information content (AvgIpc) is 0.783. The van der Waals surface area contributed by atoms with E-state index in [0.717, 1.165) is 44.6 Å². The molecule has 6 saturated heterocycles. The van der Waals surface area contributed by atoms with Gasteiger partial charge in [-0.3, -0.25) is 4.90 Å². The number of para-hydroxylation sites is 1. The first-order valence-electron chi connectivity index (χ1n) is 35.8. The molecule has 25 nitrogen and oxygen atoms in total. The number of hydrogen-bond acceptors (Lipinski definition) is 20. The van der Waals surface area contributed by atoms with Crippen LogP contribution in [0.2, 0.25) is 0 Å². The third kappa shape index (κ3) is 27.2. The summed E-state index contributed by atoms with van der Waals surface area (Å²) >= 11 is 0. The van der Waals surface area contributed by atoms with Crippen LogP contribution in [0, 0.1) is 61.0 Å². The molecule has 6 fully saturated rings. The van der Waals surface area contributed by atoms with Crippen LogP contribution in [0.1, 0.15) is 47.3 Å².